The number of carboxylic acids is 1. The second-order valence-electron chi connectivity index (χ2n) is 3.67. The molecule has 2 aromatic rings. The maximum atomic E-state index is 11.9. The van der Waals surface area contributed by atoms with Crippen molar-refractivity contribution in [2.75, 3.05) is 0 Å². The highest BCUT2D eigenvalue weighted by atomic mass is 19.4. The summed E-state index contributed by atoms with van der Waals surface area (Å²) in [5.41, 5.74) is -0.200. The van der Waals surface area contributed by atoms with Gasteiger partial charge in [-0.2, -0.15) is 13.2 Å². The number of aromatic nitrogens is 3. The zero-order valence-electron chi connectivity index (χ0n) is 10.1. The summed E-state index contributed by atoms with van der Waals surface area (Å²) < 4.78 is 40.9. The molecule has 0 spiro atoms. The molecule has 0 unspecified atom stereocenters. The van der Waals surface area contributed by atoms with E-state index in [1.807, 2.05) is 5.92 Å². The average Bonchev–Trinajstić information content (AvgIpc) is 2.85. The van der Waals surface area contributed by atoms with E-state index in [9.17, 15) is 18.0 Å². The van der Waals surface area contributed by atoms with Crippen LogP contribution in [-0.2, 0) is 0 Å². The highest BCUT2D eigenvalue weighted by Gasteiger charge is 2.22. The second kappa shape index (κ2) is 5.54. The van der Waals surface area contributed by atoms with E-state index in [1.54, 1.807) is 0 Å². The third-order valence-electron chi connectivity index (χ3n) is 2.15. The molecule has 0 aliphatic rings. The van der Waals surface area contributed by atoms with Crippen LogP contribution in [0, 0.1) is 11.8 Å². The van der Waals surface area contributed by atoms with Crippen LogP contribution in [-0.4, -0.2) is 32.7 Å². The van der Waals surface area contributed by atoms with Gasteiger partial charge in [0.05, 0.1) is 0 Å². The molecule has 21 heavy (non-hydrogen) atoms. The smallest absolute Gasteiger partial charge is 0.458 e. The maximum Gasteiger partial charge on any atom is 0.458 e. The molecule has 0 fully saturated rings. The highest BCUT2D eigenvalue weighted by Crippen LogP contribution is 2.22. The number of hydrogen-bond acceptors (Lipinski definition) is 4. The lowest BCUT2D eigenvalue weighted by Crippen LogP contribution is -2.01. The Morgan fingerprint density at radius 3 is 2.52 bits per heavy atom. The SMILES string of the molecule is O=C(O)c1[nH]nnc1Oc1ccc(C#CC(F)(F)F)cc1. The van der Waals surface area contributed by atoms with Crippen LogP contribution in [0.1, 0.15) is 16.1 Å². The van der Waals surface area contributed by atoms with Gasteiger partial charge in [-0.15, -0.1) is 0 Å². The Labute approximate surface area is 115 Å². The first-order valence-electron chi connectivity index (χ1n) is 5.37. The largest absolute Gasteiger partial charge is 0.476 e. The molecule has 0 aliphatic carbocycles. The highest BCUT2D eigenvalue weighted by molar-refractivity contribution is 5.87. The van der Waals surface area contributed by atoms with Gasteiger partial charge >= 0.3 is 12.1 Å². The molecule has 0 atom stereocenters. The van der Waals surface area contributed by atoms with Crippen molar-refractivity contribution in [2.45, 2.75) is 6.18 Å². The number of carboxylic acid groups (broad SMARTS) is 1. The Kier molecular flexibility index (Phi) is 3.80. The minimum Gasteiger partial charge on any atom is -0.476 e. The molecule has 2 N–H and O–H groups in total. The van der Waals surface area contributed by atoms with Crippen LogP contribution in [0.15, 0.2) is 24.3 Å². The minimum atomic E-state index is -4.56. The molecule has 9 heteroatoms. The second-order valence-corrected chi connectivity index (χ2v) is 3.67. The van der Waals surface area contributed by atoms with Gasteiger partial charge in [0.1, 0.15) is 5.75 Å². The van der Waals surface area contributed by atoms with Crippen molar-refractivity contribution in [3.05, 3.63) is 35.5 Å². The molecular formula is C12H6F3N3O3. The summed E-state index contributed by atoms with van der Waals surface area (Å²) >= 11 is 0. The van der Waals surface area contributed by atoms with E-state index in [1.165, 1.54) is 24.3 Å². The molecule has 1 aromatic carbocycles. The number of aromatic carboxylic acids is 1. The van der Waals surface area contributed by atoms with Gasteiger partial charge in [-0.25, -0.2) is 9.89 Å². The first-order chi connectivity index (χ1) is 9.85. The predicted octanol–water partition coefficient (Wildman–Crippen LogP) is 2.21. The van der Waals surface area contributed by atoms with Gasteiger partial charge in [0.15, 0.2) is 0 Å². The maximum absolute atomic E-state index is 11.9. The number of nitrogens with one attached hydrogen (secondary N) is 1. The summed E-state index contributed by atoms with van der Waals surface area (Å²) in [6.07, 6.45) is -4.56. The third kappa shape index (κ3) is 3.97. The fourth-order valence-corrected chi connectivity index (χ4v) is 1.29. The van der Waals surface area contributed by atoms with Crippen LogP contribution in [0.3, 0.4) is 0 Å². The molecule has 1 aromatic heterocycles. The van der Waals surface area contributed by atoms with Crippen molar-refractivity contribution in [1.29, 1.82) is 0 Å². The van der Waals surface area contributed by atoms with Crippen molar-refractivity contribution in [2.24, 2.45) is 0 Å². The normalized spacial score (nSPS) is 10.6. The summed E-state index contributed by atoms with van der Waals surface area (Å²) in [5.74, 6) is 1.70. The van der Waals surface area contributed by atoms with Crippen LogP contribution < -0.4 is 4.74 Å². The van der Waals surface area contributed by atoms with Gasteiger partial charge in [0.25, 0.3) is 5.88 Å². The monoisotopic (exact) mass is 297 g/mol. The van der Waals surface area contributed by atoms with Crippen LogP contribution in [0.25, 0.3) is 0 Å². The van der Waals surface area contributed by atoms with E-state index in [0.717, 1.165) is 5.92 Å². The lowest BCUT2D eigenvalue weighted by Gasteiger charge is -2.02. The van der Waals surface area contributed by atoms with Gasteiger partial charge in [-0.05, 0) is 24.3 Å². The molecule has 2 rings (SSSR count). The molecule has 0 saturated carbocycles. The van der Waals surface area contributed by atoms with Crippen molar-refractivity contribution in [1.82, 2.24) is 15.4 Å². The topological polar surface area (TPSA) is 88.1 Å². The number of benzene rings is 1. The van der Waals surface area contributed by atoms with Crippen LogP contribution >= 0.6 is 0 Å². The zero-order chi connectivity index (χ0) is 15.5. The molecule has 0 bridgehead atoms. The standard InChI is InChI=1S/C12H6F3N3O3/c13-12(14,15)6-5-7-1-3-8(4-2-7)21-10-9(11(19)20)16-18-17-10/h1-4H,(H,19,20)(H,16,17,18). The quantitative estimate of drug-likeness (QED) is 0.848. The van der Waals surface area contributed by atoms with Gasteiger partial charge in [-0.1, -0.05) is 16.2 Å². The zero-order valence-corrected chi connectivity index (χ0v) is 10.1. The fourth-order valence-electron chi connectivity index (χ4n) is 1.29. The molecule has 1 heterocycles. The summed E-state index contributed by atoms with van der Waals surface area (Å²) in [4.78, 5) is 10.8. The summed E-state index contributed by atoms with van der Waals surface area (Å²) in [6, 6.07) is 5.27. The Hall–Kier alpha value is -3.02. The number of aromatic amines is 1. The summed E-state index contributed by atoms with van der Waals surface area (Å²) in [6.45, 7) is 0. The molecule has 0 amide bonds. The Bertz CT molecular complexity index is 711. The number of H-pyrrole nitrogens is 1. The lowest BCUT2D eigenvalue weighted by molar-refractivity contribution is -0.0696. The van der Waals surface area contributed by atoms with Crippen LogP contribution in [0.5, 0.6) is 11.6 Å². The number of nitrogens with zero attached hydrogens (tertiary/aromatic N) is 2. The number of hydrogen-bond donors (Lipinski definition) is 2. The van der Waals surface area contributed by atoms with Gasteiger partial charge in [0, 0.05) is 11.5 Å². The summed E-state index contributed by atoms with van der Waals surface area (Å²) in [7, 11) is 0. The number of rotatable bonds is 3. The number of carbonyl (C=O) groups is 1. The fraction of sp³-hybridized carbons (Fsp3) is 0.0833. The minimum absolute atomic E-state index is 0.137. The van der Waals surface area contributed by atoms with Crippen molar-refractivity contribution in [3.8, 4) is 23.5 Å². The third-order valence-corrected chi connectivity index (χ3v) is 2.15. The van der Waals surface area contributed by atoms with E-state index in [-0.39, 0.29) is 22.9 Å². The van der Waals surface area contributed by atoms with E-state index in [0.29, 0.717) is 0 Å². The molecule has 0 radical (unpaired) electrons. The van der Waals surface area contributed by atoms with Crippen molar-refractivity contribution < 1.29 is 27.8 Å². The summed E-state index contributed by atoms with van der Waals surface area (Å²) in [5, 5.41) is 17.7. The van der Waals surface area contributed by atoms with E-state index < -0.39 is 12.1 Å². The molecule has 6 nitrogen and oxygen atoms in total. The van der Waals surface area contributed by atoms with Crippen LogP contribution in [0.2, 0.25) is 0 Å². The van der Waals surface area contributed by atoms with Crippen molar-refractivity contribution >= 4 is 5.97 Å². The Balaban J connectivity index is 2.14. The predicted molar refractivity (Wildman–Crippen MR) is 62.8 cm³/mol. The number of halogens is 3. The lowest BCUT2D eigenvalue weighted by atomic mass is 10.2. The average molecular weight is 297 g/mol. The first kappa shape index (κ1) is 14.4. The van der Waals surface area contributed by atoms with Gasteiger partial charge < -0.3 is 9.84 Å². The number of alkyl halides is 3. The van der Waals surface area contributed by atoms with Gasteiger partial charge in [-0.3, -0.25) is 0 Å². The van der Waals surface area contributed by atoms with E-state index in [4.69, 9.17) is 9.84 Å². The van der Waals surface area contributed by atoms with E-state index >= 15 is 0 Å². The van der Waals surface area contributed by atoms with Crippen molar-refractivity contribution in [3.63, 3.8) is 0 Å². The molecule has 0 aliphatic heterocycles. The number of ether oxygens (including phenoxy) is 1. The molecular weight excluding hydrogens is 291 g/mol. The molecule has 108 valence electrons. The van der Waals surface area contributed by atoms with Gasteiger partial charge in [0.2, 0.25) is 5.69 Å². The first-order valence-corrected chi connectivity index (χ1v) is 5.37. The Morgan fingerprint density at radius 1 is 1.29 bits per heavy atom. The Morgan fingerprint density at radius 2 is 1.95 bits per heavy atom. The molecule has 0 saturated heterocycles. The van der Waals surface area contributed by atoms with Crippen LogP contribution in [0.4, 0.5) is 13.2 Å². The van der Waals surface area contributed by atoms with E-state index in [2.05, 4.69) is 15.4 Å².